The molecular weight excluding hydrogens is 504 g/mol. The van der Waals surface area contributed by atoms with E-state index in [1.807, 2.05) is 20.8 Å². The van der Waals surface area contributed by atoms with E-state index < -0.39 is 5.97 Å². The fourth-order valence-corrected chi connectivity index (χ4v) is 6.19. The largest absolute Gasteiger partial charge is 0.477 e. The third-order valence-electron chi connectivity index (χ3n) is 7.55. The first-order valence-corrected chi connectivity index (χ1v) is 14.6. The van der Waals surface area contributed by atoms with Crippen LogP contribution < -0.4 is 4.90 Å². The zero-order chi connectivity index (χ0) is 27.4. The van der Waals surface area contributed by atoms with Crippen LogP contribution in [0.3, 0.4) is 0 Å². The molecule has 0 unspecified atom stereocenters. The number of carbonyl (C=O) groups is 3. The lowest BCUT2D eigenvalue weighted by Gasteiger charge is -2.34. The van der Waals surface area contributed by atoms with Gasteiger partial charge in [0.1, 0.15) is 11.0 Å². The van der Waals surface area contributed by atoms with Crippen molar-refractivity contribution in [3.8, 4) is 11.8 Å². The molecule has 0 spiro atoms. The Bertz CT molecular complexity index is 1080. The normalized spacial score (nSPS) is 24.4. The Kier molecular flexibility index (Phi) is 9.04. The monoisotopic (exact) mass is 544 g/mol. The molecule has 1 aromatic rings. The molecule has 2 saturated heterocycles. The summed E-state index contributed by atoms with van der Waals surface area (Å²) in [5.41, 5.74) is 0.160. The Balaban J connectivity index is 1.61. The van der Waals surface area contributed by atoms with Gasteiger partial charge in [-0.15, -0.1) is 11.3 Å². The summed E-state index contributed by atoms with van der Waals surface area (Å²) in [6.45, 7) is 10.1. The van der Waals surface area contributed by atoms with E-state index in [2.05, 4.69) is 18.8 Å². The number of likely N-dealkylation sites (tertiary alicyclic amines) is 1. The Hall–Kier alpha value is -2.57. The van der Waals surface area contributed by atoms with Gasteiger partial charge < -0.3 is 24.4 Å². The lowest BCUT2D eigenvalue weighted by atomic mass is 9.82. The van der Waals surface area contributed by atoms with Crippen molar-refractivity contribution in [2.24, 2.45) is 17.3 Å². The van der Waals surface area contributed by atoms with Crippen molar-refractivity contribution in [3.05, 3.63) is 15.8 Å². The van der Waals surface area contributed by atoms with Gasteiger partial charge in [-0.05, 0) is 64.9 Å². The molecule has 9 heteroatoms. The lowest BCUT2D eigenvalue weighted by Crippen LogP contribution is -2.47. The molecular formula is C29H40N2O6S. The van der Waals surface area contributed by atoms with Crippen molar-refractivity contribution in [1.82, 2.24) is 4.90 Å². The fraction of sp³-hybridized carbons (Fsp3) is 0.690. The van der Waals surface area contributed by atoms with Gasteiger partial charge in [-0.1, -0.05) is 18.8 Å². The highest BCUT2D eigenvalue weighted by atomic mass is 32.1. The van der Waals surface area contributed by atoms with Gasteiger partial charge in [-0.25, -0.2) is 9.59 Å². The molecule has 2 aliphatic heterocycles. The van der Waals surface area contributed by atoms with E-state index in [4.69, 9.17) is 9.47 Å². The molecule has 208 valence electrons. The SMILES string of the molecule is CC1CCC(C(=O)N(c2cc(C#CC(C)(C)C)sc2C(=O)O)[C@H]2CCN(C(=O)OC3CCOCC3)C2)CC1. The van der Waals surface area contributed by atoms with Crippen molar-refractivity contribution < 1.29 is 29.0 Å². The molecule has 1 saturated carbocycles. The van der Waals surface area contributed by atoms with Gasteiger partial charge in [0.05, 0.1) is 29.8 Å². The van der Waals surface area contributed by atoms with Crippen LogP contribution in [-0.4, -0.2) is 66.4 Å². The van der Waals surface area contributed by atoms with Crippen LogP contribution >= 0.6 is 11.3 Å². The summed E-state index contributed by atoms with van der Waals surface area (Å²) in [7, 11) is 0. The van der Waals surface area contributed by atoms with Crippen LogP contribution in [0, 0.1) is 29.1 Å². The highest BCUT2D eigenvalue weighted by Gasteiger charge is 2.40. The maximum absolute atomic E-state index is 14.0. The Morgan fingerprint density at radius 3 is 2.42 bits per heavy atom. The van der Waals surface area contributed by atoms with Crippen LogP contribution in [0.4, 0.5) is 10.5 Å². The van der Waals surface area contributed by atoms with Gasteiger partial charge >= 0.3 is 12.1 Å². The van der Waals surface area contributed by atoms with E-state index in [9.17, 15) is 19.5 Å². The Morgan fingerprint density at radius 1 is 1.11 bits per heavy atom. The zero-order valence-electron chi connectivity index (χ0n) is 23.0. The molecule has 38 heavy (non-hydrogen) atoms. The quantitative estimate of drug-likeness (QED) is 0.499. The number of ether oxygens (including phenoxy) is 2. The summed E-state index contributed by atoms with van der Waals surface area (Å²) in [6.07, 6.45) is 4.95. The maximum atomic E-state index is 14.0. The molecule has 2 amide bonds. The highest BCUT2D eigenvalue weighted by Crippen LogP contribution is 2.38. The molecule has 1 aliphatic carbocycles. The second kappa shape index (κ2) is 12.1. The number of rotatable bonds is 5. The molecule has 3 fully saturated rings. The van der Waals surface area contributed by atoms with Crippen LogP contribution in [0.5, 0.6) is 0 Å². The molecule has 0 aromatic carbocycles. The highest BCUT2D eigenvalue weighted by molar-refractivity contribution is 7.15. The number of thiophene rings is 1. The van der Waals surface area contributed by atoms with Crippen LogP contribution in [0.25, 0.3) is 0 Å². The standard InChI is InChI=1S/C29H40N2O6S/c1-19-5-7-20(8-6-19)26(32)31(24-17-23(9-13-29(2,3)4)38-25(24)27(33)34)21-10-14-30(18-21)28(35)37-22-11-15-36-16-12-22/h17,19-22H,5-8,10-12,14-16,18H2,1-4H3,(H,33,34)/t19?,20?,21-/m0/s1. The van der Waals surface area contributed by atoms with Gasteiger partial charge in [0.15, 0.2) is 0 Å². The van der Waals surface area contributed by atoms with E-state index in [-0.39, 0.29) is 40.4 Å². The molecule has 8 nitrogen and oxygen atoms in total. The summed E-state index contributed by atoms with van der Waals surface area (Å²) in [4.78, 5) is 43.4. The van der Waals surface area contributed by atoms with Gasteiger partial charge in [0.2, 0.25) is 5.91 Å². The average Bonchev–Trinajstić information content (AvgIpc) is 3.52. The first-order chi connectivity index (χ1) is 18.0. The van der Waals surface area contributed by atoms with Gasteiger partial charge in [0, 0.05) is 37.3 Å². The Morgan fingerprint density at radius 2 is 1.79 bits per heavy atom. The number of amides is 2. The minimum absolute atomic E-state index is 0.0443. The molecule has 4 rings (SSSR count). The predicted molar refractivity (Wildman–Crippen MR) is 147 cm³/mol. The molecule has 3 heterocycles. The molecule has 1 aromatic heterocycles. The topological polar surface area (TPSA) is 96.4 Å². The zero-order valence-corrected chi connectivity index (χ0v) is 23.8. The number of carboxylic acids is 1. The summed E-state index contributed by atoms with van der Waals surface area (Å²) in [5.74, 6) is 5.60. The summed E-state index contributed by atoms with van der Waals surface area (Å²) in [6, 6.07) is 1.43. The number of anilines is 1. The van der Waals surface area contributed by atoms with Crippen LogP contribution in [-0.2, 0) is 14.3 Å². The third-order valence-corrected chi connectivity index (χ3v) is 8.58. The first kappa shape index (κ1) is 28.4. The number of hydrogen-bond acceptors (Lipinski definition) is 6. The molecule has 0 bridgehead atoms. The van der Waals surface area contributed by atoms with Crippen molar-refractivity contribution in [2.75, 3.05) is 31.2 Å². The van der Waals surface area contributed by atoms with E-state index in [0.717, 1.165) is 37.0 Å². The summed E-state index contributed by atoms with van der Waals surface area (Å²) >= 11 is 1.11. The van der Waals surface area contributed by atoms with Crippen molar-refractivity contribution in [1.29, 1.82) is 0 Å². The predicted octanol–water partition coefficient (Wildman–Crippen LogP) is 5.39. The lowest BCUT2D eigenvalue weighted by molar-refractivity contribution is -0.124. The van der Waals surface area contributed by atoms with Gasteiger partial charge in [-0.3, -0.25) is 4.79 Å². The summed E-state index contributed by atoms with van der Waals surface area (Å²) in [5, 5.41) is 10.1. The van der Waals surface area contributed by atoms with Gasteiger partial charge in [-0.2, -0.15) is 0 Å². The molecule has 3 aliphatic rings. The third kappa shape index (κ3) is 7.09. The van der Waals surface area contributed by atoms with Gasteiger partial charge in [0.25, 0.3) is 0 Å². The van der Waals surface area contributed by atoms with Crippen molar-refractivity contribution >= 4 is 35.0 Å². The van der Waals surface area contributed by atoms with Crippen molar-refractivity contribution in [2.45, 2.75) is 84.8 Å². The number of hydrogen-bond donors (Lipinski definition) is 1. The first-order valence-electron chi connectivity index (χ1n) is 13.8. The fourth-order valence-electron chi connectivity index (χ4n) is 5.35. The Labute approximate surface area is 229 Å². The van der Waals surface area contributed by atoms with Crippen LogP contribution in [0.15, 0.2) is 6.07 Å². The van der Waals surface area contributed by atoms with E-state index in [1.165, 1.54) is 0 Å². The molecule has 1 atom stereocenters. The second-order valence-electron chi connectivity index (χ2n) is 11.9. The van der Waals surface area contributed by atoms with Crippen LogP contribution in [0.2, 0.25) is 0 Å². The minimum Gasteiger partial charge on any atom is -0.477 e. The van der Waals surface area contributed by atoms with E-state index in [1.54, 1.807) is 15.9 Å². The van der Waals surface area contributed by atoms with E-state index >= 15 is 0 Å². The average molecular weight is 545 g/mol. The maximum Gasteiger partial charge on any atom is 0.410 e. The van der Waals surface area contributed by atoms with E-state index in [0.29, 0.717) is 62.0 Å². The minimum atomic E-state index is -1.07. The number of aromatic carboxylic acids is 1. The smallest absolute Gasteiger partial charge is 0.410 e. The number of carbonyl (C=O) groups excluding carboxylic acids is 2. The van der Waals surface area contributed by atoms with Crippen LogP contribution in [0.1, 0.15) is 87.2 Å². The van der Waals surface area contributed by atoms with Crippen molar-refractivity contribution in [3.63, 3.8) is 0 Å². The number of nitrogens with zero attached hydrogens (tertiary/aromatic N) is 2. The summed E-state index contributed by atoms with van der Waals surface area (Å²) < 4.78 is 11.1. The molecule has 0 radical (unpaired) electrons. The second-order valence-corrected chi connectivity index (χ2v) is 12.9. The number of carboxylic acid groups (broad SMARTS) is 1. The molecule has 1 N–H and O–H groups in total.